The Hall–Kier alpha value is -1.66. The fourth-order valence-electron chi connectivity index (χ4n) is 1.86. The van der Waals surface area contributed by atoms with E-state index in [2.05, 4.69) is 6.58 Å². The van der Waals surface area contributed by atoms with E-state index in [0.29, 0.717) is 0 Å². The molecule has 0 saturated carbocycles. The molecule has 0 radical (unpaired) electrons. The quantitative estimate of drug-likeness (QED) is 0.621. The van der Waals surface area contributed by atoms with E-state index in [1.54, 1.807) is 24.3 Å². The monoisotopic (exact) mass is 281 g/mol. The molecule has 19 heavy (non-hydrogen) atoms. The SMILES string of the molecule is C=C[C@@H]1CC(=O)OCN1S(=O)(=O)c1ccc(C)cc1. The molecule has 0 spiro atoms. The number of rotatable bonds is 3. The molecule has 2 rings (SSSR count). The predicted octanol–water partition coefficient (Wildman–Crippen LogP) is 1.44. The molecule has 0 aliphatic carbocycles. The standard InChI is InChI=1S/C13H15NO4S/c1-3-11-8-13(15)18-9-14(11)19(16,17)12-6-4-10(2)5-7-12/h3-7,11H,1,8-9H2,2H3/t11-/m1/s1. The van der Waals surface area contributed by atoms with Crippen molar-refractivity contribution < 1.29 is 17.9 Å². The van der Waals surface area contributed by atoms with E-state index in [9.17, 15) is 13.2 Å². The minimum atomic E-state index is -3.68. The summed E-state index contributed by atoms with van der Waals surface area (Å²) in [5.41, 5.74) is 0.976. The fourth-order valence-corrected chi connectivity index (χ4v) is 3.32. The summed E-state index contributed by atoms with van der Waals surface area (Å²) in [6.45, 7) is 5.18. The summed E-state index contributed by atoms with van der Waals surface area (Å²) >= 11 is 0. The maximum absolute atomic E-state index is 12.5. The summed E-state index contributed by atoms with van der Waals surface area (Å²) in [6.07, 6.45) is 1.45. The molecule has 1 heterocycles. The van der Waals surface area contributed by atoms with Gasteiger partial charge in [0.05, 0.1) is 17.4 Å². The van der Waals surface area contributed by atoms with Crippen LogP contribution < -0.4 is 0 Å². The van der Waals surface area contributed by atoms with Gasteiger partial charge in [0.1, 0.15) is 0 Å². The number of cyclic esters (lactones) is 1. The smallest absolute Gasteiger partial charge is 0.309 e. The lowest BCUT2D eigenvalue weighted by molar-refractivity contribution is -0.153. The van der Waals surface area contributed by atoms with Crippen LogP contribution in [-0.4, -0.2) is 31.5 Å². The molecule has 1 atom stereocenters. The van der Waals surface area contributed by atoms with Crippen LogP contribution in [0.2, 0.25) is 0 Å². The van der Waals surface area contributed by atoms with Crippen molar-refractivity contribution in [1.82, 2.24) is 4.31 Å². The molecule has 102 valence electrons. The van der Waals surface area contributed by atoms with Gasteiger partial charge in [-0.25, -0.2) is 8.42 Å². The van der Waals surface area contributed by atoms with E-state index in [-0.39, 0.29) is 18.0 Å². The average Bonchev–Trinajstić information content (AvgIpc) is 2.38. The number of ether oxygens (including phenoxy) is 1. The van der Waals surface area contributed by atoms with Gasteiger partial charge in [-0.15, -0.1) is 6.58 Å². The van der Waals surface area contributed by atoms with E-state index < -0.39 is 22.0 Å². The maximum Gasteiger partial charge on any atom is 0.309 e. The molecule has 1 aromatic rings. The van der Waals surface area contributed by atoms with Crippen molar-refractivity contribution in [1.29, 1.82) is 0 Å². The highest BCUT2D eigenvalue weighted by Crippen LogP contribution is 2.23. The summed E-state index contributed by atoms with van der Waals surface area (Å²) in [4.78, 5) is 11.4. The molecule has 0 aromatic heterocycles. The molecule has 1 fully saturated rings. The summed E-state index contributed by atoms with van der Waals surface area (Å²) in [7, 11) is -3.68. The van der Waals surface area contributed by atoms with Crippen LogP contribution in [0.5, 0.6) is 0 Å². The van der Waals surface area contributed by atoms with Crippen molar-refractivity contribution in [3.8, 4) is 0 Å². The molecule has 1 aromatic carbocycles. The third-order valence-corrected chi connectivity index (χ3v) is 4.86. The molecular formula is C13H15NO4S. The van der Waals surface area contributed by atoms with Gasteiger partial charge in [0.2, 0.25) is 10.0 Å². The number of carbonyl (C=O) groups is 1. The lowest BCUT2D eigenvalue weighted by atomic mass is 10.2. The van der Waals surface area contributed by atoms with E-state index in [1.807, 2.05) is 6.92 Å². The zero-order valence-corrected chi connectivity index (χ0v) is 11.4. The van der Waals surface area contributed by atoms with Gasteiger partial charge in [0.25, 0.3) is 0 Å². The number of carbonyl (C=O) groups excluding carboxylic acids is 1. The second kappa shape index (κ2) is 5.14. The number of sulfonamides is 1. The molecule has 5 nitrogen and oxygen atoms in total. The Kier molecular flexibility index (Phi) is 3.73. The zero-order valence-electron chi connectivity index (χ0n) is 10.6. The van der Waals surface area contributed by atoms with Crippen molar-refractivity contribution >= 4 is 16.0 Å². The van der Waals surface area contributed by atoms with Gasteiger partial charge < -0.3 is 4.74 Å². The first-order chi connectivity index (χ1) is 8.95. The van der Waals surface area contributed by atoms with Crippen molar-refractivity contribution in [2.45, 2.75) is 24.3 Å². The first-order valence-electron chi connectivity index (χ1n) is 5.82. The molecule has 0 bridgehead atoms. The Balaban J connectivity index is 2.35. The third-order valence-electron chi connectivity index (χ3n) is 3.00. The Morgan fingerprint density at radius 3 is 2.58 bits per heavy atom. The molecule has 0 unspecified atom stereocenters. The summed E-state index contributed by atoms with van der Waals surface area (Å²) in [6, 6.07) is 5.98. The lowest BCUT2D eigenvalue weighted by Gasteiger charge is -2.31. The second-order valence-electron chi connectivity index (χ2n) is 4.36. The van der Waals surface area contributed by atoms with Gasteiger partial charge in [-0.2, -0.15) is 4.31 Å². The lowest BCUT2D eigenvalue weighted by Crippen LogP contribution is -2.46. The molecule has 1 saturated heterocycles. The van der Waals surface area contributed by atoms with Gasteiger partial charge in [-0.3, -0.25) is 4.79 Å². The summed E-state index contributed by atoms with van der Waals surface area (Å²) in [5, 5.41) is 0. The van der Waals surface area contributed by atoms with Crippen molar-refractivity contribution in [2.24, 2.45) is 0 Å². The van der Waals surface area contributed by atoms with Crippen LogP contribution in [0.1, 0.15) is 12.0 Å². The van der Waals surface area contributed by atoms with Gasteiger partial charge in [-0.05, 0) is 19.1 Å². The van der Waals surface area contributed by atoms with Crippen LogP contribution in [0.15, 0.2) is 41.8 Å². The Bertz CT molecular complexity index is 592. The normalized spacial score (nSPS) is 20.9. The Labute approximate surface area is 112 Å². The van der Waals surface area contributed by atoms with Crippen LogP contribution in [0.4, 0.5) is 0 Å². The molecule has 0 amide bonds. The second-order valence-corrected chi connectivity index (χ2v) is 6.25. The number of hydrogen-bond acceptors (Lipinski definition) is 4. The highest BCUT2D eigenvalue weighted by atomic mass is 32.2. The largest absolute Gasteiger partial charge is 0.448 e. The molecule has 1 aliphatic heterocycles. The van der Waals surface area contributed by atoms with E-state index in [1.165, 1.54) is 6.08 Å². The van der Waals surface area contributed by atoms with Crippen LogP contribution >= 0.6 is 0 Å². The van der Waals surface area contributed by atoms with E-state index >= 15 is 0 Å². The van der Waals surface area contributed by atoms with E-state index in [0.717, 1.165) is 9.87 Å². The Morgan fingerprint density at radius 2 is 2.00 bits per heavy atom. The van der Waals surface area contributed by atoms with Crippen LogP contribution in [-0.2, 0) is 19.6 Å². The minimum absolute atomic E-state index is 0.00537. The van der Waals surface area contributed by atoms with Crippen molar-refractivity contribution in [3.05, 3.63) is 42.5 Å². The number of benzene rings is 1. The number of aryl methyl sites for hydroxylation is 1. The first-order valence-corrected chi connectivity index (χ1v) is 7.26. The third kappa shape index (κ3) is 2.69. The average molecular weight is 281 g/mol. The van der Waals surface area contributed by atoms with Gasteiger partial charge >= 0.3 is 5.97 Å². The summed E-state index contributed by atoms with van der Waals surface area (Å²) < 4.78 is 30.9. The first kappa shape index (κ1) is 13.8. The number of nitrogens with zero attached hydrogens (tertiary/aromatic N) is 1. The van der Waals surface area contributed by atoms with Gasteiger partial charge in [0, 0.05) is 0 Å². The summed E-state index contributed by atoms with van der Waals surface area (Å²) in [5.74, 6) is -0.416. The van der Waals surface area contributed by atoms with Gasteiger partial charge in [0.15, 0.2) is 6.73 Å². The van der Waals surface area contributed by atoms with Gasteiger partial charge in [-0.1, -0.05) is 23.8 Å². The van der Waals surface area contributed by atoms with Crippen LogP contribution in [0, 0.1) is 6.92 Å². The number of hydrogen-bond donors (Lipinski definition) is 0. The highest BCUT2D eigenvalue weighted by molar-refractivity contribution is 7.89. The minimum Gasteiger partial charge on any atom is -0.448 e. The molecular weight excluding hydrogens is 266 g/mol. The maximum atomic E-state index is 12.5. The zero-order chi connectivity index (χ0) is 14.0. The molecule has 0 N–H and O–H groups in total. The fraction of sp³-hybridized carbons (Fsp3) is 0.308. The molecule has 1 aliphatic rings. The van der Waals surface area contributed by atoms with E-state index in [4.69, 9.17) is 4.74 Å². The topological polar surface area (TPSA) is 63.7 Å². The van der Waals surface area contributed by atoms with Crippen LogP contribution in [0.25, 0.3) is 0 Å². The predicted molar refractivity (Wildman–Crippen MR) is 69.8 cm³/mol. The number of esters is 1. The molecule has 6 heteroatoms. The van der Waals surface area contributed by atoms with Crippen molar-refractivity contribution in [3.63, 3.8) is 0 Å². The van der Waals surface area contributed by atoms with Crippen LogP contribution in [0.3, 0.4) is 0 Å². The highest BCUT2D eigenvalue weighted by Gasteiger charge is 2.35. The van der Waals surface area contributed by atoms with Crippen molar-refractivity contribution in [2.75, 3.05) is 6.73 Å². The Morgan fingerprint density at radius 1 is 1.37 bits per heavy atom.